The minimum Gasteiger partial charge on any atom is -0.497 e. The summed E-state index contributed by atoms with van der Waals surface area (Å²) in [5.41, 5.74) is 2.47. The van der Waals surface area contributed by atoms with Gasteiger partial charge in [-0.05, 0) is 35.9 Å². The van der Waals surface area contributed by atoms with Crippen LogP contribution >= 0.6 is 0 Å². The first kappa shape index (κ1) is 19.4. The highest BCUT2D eigenvalue weighted by Crippen LogP contribution is 2.21. The number of nitrogens with one attached hydrogen (secondary N) is 1. The minimum atomic E-state index is -0.320. The van der Waals surface area contributed by atoms with Gasteiger partial charge in [-0.3, -0.25) is 4.79 Å². The van der Waals surface area contributed by atoms with Crippen LogP contribution in [0.25, 0.3) is 0 Å². The number of hydrogen-bond donors (Lipinski definition) is 1. The van der Waals surface area contributed by atoms with Gasteiger partial charge in [-0.15, -0.1) is 0 Å². The second kappa shape index (κ2) is 9.55. The number of anilines is 1. The maximum Gasteiger partial charge on any atom is 0.239 e. The topological polar surface area (TPSA) is 41.6 Å². The van der Waals surface area contributed by atoms with Crippen molar-refractivity contribution in [2.75, 3.05) is 18.6 Å². The predicted molar refractivity (Wildman–Crippen MR) is 109 cm³/mol. The van der Waals surface area contributed by atoms with Crippen LogP contribution in [0.3, 0.4) is 0 Å². The van der Waals surface area contributed by atoms with Crippen molar-refractivity contribution < 1.29 is 13.9 Å². The van der Waals surface area contributed by atoms with Crippen molar-refractivity contribution in [1.82, 2.24) is 5.32 Å². The van der Waals surface area contributed by atoms with Crippen LogP contribution in [-0.4, -0.2) is 19.6 Å². The maximum absolute atomic E-state index is 13.8. The van der Waals surface area contributed by atoms with Gasteiger partial charge in [0, 0.05) is 24.3 Å². The number of carbonyl (C=O) groups excluding carboxylic acids is 1. The number of carbonyl (C=O) groups is 1. The van der Waals surface area contributed by atoms with Crippen LogP contribution in [0.1, 0.15) is 11.1 Å². The normalized spacial score (nSPS) is 10.4. The van der Waals surface area contributed by atoms with Gasteiger partial charge in [0.2, 0.25) is 5.91 Å². The summed E-state index contributed by atoms with van der Waals surface area (Å²) in [5.74, 6) is 0.265. The Morgan fingerprint density at radius 3 is 2.32 bits per heavy atom. The second-order valence-electron chi connectivity index (χ2n) is 6.41. The molecule has 0 heterocycles. The average Bonchev–Trinajstić information content (AvgIpc) is 2.73. The molecule has 0 aliphatic heterocycles. The number of amides is 1. The molecule has 0 atom stereocenters. The molecule has 0 fully saturated rings. The van der Waals surface area contributed by atoms with Crippen molar-refractivity contribution in [1.29, 1.82) is 0 Å². The van der Waals surface area contributed by atoms with Gasteiger partial charge in [-0.2, -0.15) is 0 Å². The summed E-state index contributed by atoms with van der Waals surface area (Å²) in [5, 5.41) is 2.80. The summed E-state index contributed by atoms with van der Waals surface area (Å²) in [6.07, 6.45) is 0. The lowest BCUT2D eigenvalue weighted by molar-refractivity contribution is -0.119. The molecule has 0 bridgehead atoms. The highest BCUT2D eigenvalue weighted by atomic mass is 19.1. The second-order valence-corrected chi connectivity index (χ2v) is 6.41. The van der Waals surface area contributed by atoms with Gasteiger partial charge < -0.3 is 15.0 Å². The first-order valence-electron chi connectivity index (χ1n) is 9.09. The van der Waals surface area contributed by atoms with E-state index in [4.69, 9.17) is 4.74 Å². The average molecular weight is 378 g/mol. The van der Waals surface area contributed by atoms with E-state index in [9.17, 15) is 9.18 Å². The lowest BCUT2D eigenvalue weighted by atomic mass is 10.2. The molecule has 4 nitrogen and oxygen atoms in total. The third-order valence-electron chi connectivity index (χ3n) is 4.42. The monoisotopic (exact) mass is 378 g/mol. The summed E-state index contributed by atoms with van der Waals surface area (Å²) in [6.45, 7) is 0.906. The third kappa shape index (κ3) is 5.33. The van der Waals surface area contributed by atoms with Crippen LogP contribution < -0.4 is 15.0 Å². The van der Waals surface area contributed by atoms with Gasteiger partial charge >= 0.3 is 0 Å². The summed E-state index contributed by atoms with van der Waals surface area (Å²) >= 11 is 0. The number of rotatable bonds is 8. The Labute approximate surface area is 164 Å². The van der Waals surface area contributed by atoms with E-state index >= 15 is 0 Å². The summed E-state index contributed by atoms with van der Waals surface area (Å²) in [4.78, 5) is 14.5. The fraction of sp³-hybridized carbons (Fsp3) is 0.174. The number of benzene rings is 3. The highest BCUT2D eigenvalue weighted by molar-refractivity contribution is 5.81. The van der Waals surface area contributed by atoms with Crippen molar-refractivity contribution in [3.8, 4) is 5.75 Å². The van der Waals surface area contributed by atoms with E-state index in [1.807, 2.05) is 59.5 Å². The third-order valence-corrected chi connectivity index (χ3v) is 4.42. The SMILES string of the molecule is COc1ccc(N(CC(=O)NCc2ccccc2F)Cc2ccccc2)cc1. The number of hydrogen-bond acceptors (Lipinski definition) is 3. The predicted octanol–water partition coefficient (Wildman–Crippen LogP) is 4.16. The van der Waals surface area contributed by atoms with Crippen molar-refractivity contribution in [3.05, 3.63) is 95.8 Å². The van der Waals surface area contributed by atoms with Gasteiger partial charge in [-0.25, -0.2) is 4.39 Å². The molecule has 0 aliphatic carbocycles. The molecule has 5 heteroatoms. The zero-order valence-corrected chi connectivity index (χ0v) is 15.8. The molecule has 3 aromatic rings. The first-order chi connectivity index (χ1) is 13.7. The molecule has 0 saturated heterocycles. The number of halogens is 1. The minimum absolute atomic E-state index is 0.160. The fourth-order valence-electron chi connectivity index (χ4n) is 2.90. The smallest absolute Gasteiger partial charge is 0.239 e. The van der Waals surface area contributed by atoms with Crippen LogP contribution in [0.15, 0.2) is 78.9 Å². The quantitative estimate of drug-likeness (QED) is 0.640. The Bertz CT molecular complexity index is 898. The van der Waals surface area contributed by atoms with Crippen molar-refractivity contribution in [3.63, 3.8) is 0 Å². The Morgan fingerprint density at radius 1 is 0.964 bits per heavy atom. The standard InChI is InChI=1S/C23H23FN2O2/c1-28-21-13-11-20(12-14-21)26(16-18-7-3-2-4-8-18)17-23(27)25-15-19-9-5-6-10-22(19)24/h2-14H,15-17H2,1H3,(H,25,27). The summed E-state index contributed by atoms with van der Waals surface area (Å²) < 4.78 is 19.0. The largest absolute Gasteiger partial charge is 0.497 e. The van der Waals surface area contributed by atoms with Crippen molar-refractivity contribution >= 4 is 11.6 Å². The zero-order chi connectivity index (χ0) is 19.8. The molecule has 3 aromatic carbocycles. The van der Waals surface area contributed by atoms with Crippen LogP contribution in [0.2, 0.25) is 0 Å². The molecular weight excluding hydrogens is 355 g/mol. The number of nitrogens with zero attached hydrogens (tertiary/aromatic N) is 1. The number of ether oxygens (including phenoxy) is 1. The van der Waals surface area contributed by atoms with E-state index < -0.39 is 0 Å². The lowest BCUT2D eigenvalue weighted by Gasteiger charge is -2.25. The van der Waals surface area contributed by atoms with E-state index in [-0.39, 0.29) is 24.8 Å². The van der Waals surface area contributed by atoms with E-state index in [0.29, 0.717) is 12.1 Å². The Hall–Kier alpha value is -3.34. The van der Waals surface area contributed by atoms with Crippen LogP contribution in [0.4, 0.5) is 10.1 Å². The van der Waals surface area contributed by atoms with Gasteiger partial charge in [0.05, 0.1) is 13.7 Å². The molecule has 0 aliphatic rings. The van der Waals surface area contributed by atoms with E-state index in [0.717, 1.165) is 17.0 Å². The van der Waals surface area contributed by atoms with Crippen LogP contribution in [-0.2, 0) is 17.9 Å². The Kier molecular flexibility index (Phi) is 6.63. The van der Waals surface area contributed by atoms with Crippen molar-refractivity contribution in [2.45, 2.75) is 13.1 Å². The Morgan fingerprint density at radius 2 is 1.64 bits per heavy atom. The molecule has 0 spiro atoms. The van der Waals surface area contributed by atoms with Crippen LogP contribution in [0.5, 0.6) is 5.75 Å². The molecule has 0 radical (unpaired) electrons. The van der Waals surface area contributed by atoms with Gasteiger partial charge in [0.1, 0.15) is 11.6 Å². The zero-order valence-electron chi connectivity index (χ0n) is 15.8. The molecule has 28 heavy (non-hydrogen) atoms. The molecule has 144 valence electrons. The summed E-state index contributed by atoms with van der Waals surface area (Å²) in [6, 6.07) is 24.0. The van der Waals surface area contributed by atoms with Gasteiger partial charge in [0.25, 0.3) is 0 Å². The molecule has 0 unspecified atom stereocenters. The number of methoxy groups -OCH3 is 1. The first-order valence-corrected chi connectivity index (χ1v) is 9.09. The molecular formula is C23H23FN2O2. The van der Waals surface area contributed by atoms with Crippen LogP contribution in [0, 0.1) is 5.82 Å². The Balaban J connectivity index is 1.70. The van der Waals surface area contributed by atoms with Gasteiger partial charge in [0.15, 0.2) is 0 Å². The van der Waals surface area contributed by atoms with Gasteiger partial charge in [-0.1, -0.05) is 48.5 Å². The fourth-order valence-corrected chi connectivity index (χ4v) is 2.90. The van der Waals surface area contributed by atoms with Crippen molar-refractivity contribution in [2.24, 2.45) is 0 Å². The maximum atomic E-state index is 13.8. The molecule has 3 rings (SSSR count). The van der Waals surface area contributed by atoms with E-state index in [1.54, 1.807) is 25.3 Å². The highest BCUT2D eigenvalue weighted by Gasteiger charge is 2.13. The molecule has 1 amide bonds. The molecule has 0 saturated carbocycles. The van der Waals surface area contributed by atoms with E-state index in [2.05, 4.69) is 5.32 Å². The lowest BCUT2D eigenvalue weighted by Crippen LogP contribution is -2.36. The molecule has 1 N–H and O–H groups in total. The summed E-state index contributed by atoms with van der Waals surface area (Å²) in [7, 11) is 1.62. The molecule has 0 aromatic heterocycles. The van der Waals surface area contributed by atoms with E-state index in [1.165, 1.54) is 6.07 Å².